The van der Waals surface area contributed by atoms with Gasteiger partial charge >= 0.3 is 18.4 Å². The van der Waals surface area contributed by atoms with Gasteiger partial charge in [0.2, 0.25) is 0 Å². The van der Waals surface area contributed by atoms with Gasteiger partial charge < -0.3 is 9.84 Å². The average molecular weight is 524 g/mol. The SMILES string of the molecule is CC(Cc1ccc(C(F)(F)F)cc1)N(NC(=O)OC(C)(C)Cc1nc(Br)cs1)C(=O)O. The third-order valence-corrected chi connectivity index (χ3v) is 5.70. The van der Waals surface area contributed by atoms with Crippen LogP contribution in [-0.2, 0) is 23.8 Å². The van der Waals surface area contributed by atoms with E-state index >= 15 is 0 Å². The van der Waals surface area contributed by atoms with Crippen LogP contribution >= 0.6 is 27.3 Å². The molecule has 0 saturated heterocycles. The zero-order valence-corrected chi connectivity index (χ0v) is 19.3. The minimum absolute atomic E-state index is 0.0846. The molecule has 2 amide bonds. The van der Waals surface area contributed by atoms with Crippen molar-refractivity contribution in [2.75, 3.05) is 0 Å². The van der Waals surface area contributed by atoms with Gasteiger partial charge in [0.05, 0.1) is 16.6 Å². The Kier molecular flexibility index (Phi) is 7.93. The van der Waals surface area contributed by atoms with Crippen molar-refractivity contribution in [2.45, 2.75) is 51.4 Å². The number of hydrogen-bond acceptors (Lipinski definition) is 5. The number of benzene rings is 1. The Balaban J connectivity index is 1.99. The lowest BCUT2D eigenvalue weighted by atomic mass is 10.0. The largest absolute Gasteiger partial charge is 0.464 e. The Hall–Kier alpha value is -2.34. The van der Waals surface area contributed by atoms with Gasteiger partial charge in [-0.1, -0.05) is 12.1 Å². The number of thiazole rings is 1. The number of hydrogen-bond donors (Lipinski definition) is 2. The van der Waals surface area contributed by atoms with E-state index in [0.29, 0.717) is 21.6 Å². The summed E-state index contributed by atoms with van der Waals surface area (Å²) in [5, 5.41) is 12.6. The third-order valence-electron chi connectivity index (χ3n) is 4.14. The quantitative estimate of drug-likeness (QED) is 0.488. The number of rotatable bonds is 6. The van der Waals surface area contributed by atoms with Gasteiger partial charge in [-0.3, -0.25) is 0 Å². The van der Waals surface area contributed by atoms with E-state index in [2.05, 4.69) is 26.3 Å². The van der Waals surface area contributed by atoms with Crippen molar-refractivity contribution in [1.29, 1.82) is 0 Å². The van der Waals surface area contributed by atoms with Crippen molar-refractivity contribution in [3.05, 3.63) is 50.4 Å². The highest BCUT2D eigenvalue weighted by Crippen LogP contribution is 2.29. The van der Waals surface area contributed by atoms with Crippen molar-refractivity contribution in [2.24, 2.45) is 0 Å². The van der Waals surface area contributed by atoms with Crippen molar-refractivity contribution >= 4 is 39.5 Å². The van der Waals surface area contributed by atoms with Crippen LogP contribution in [0.25, 0.3) is 0 Å². The van der Waals surface area contributed by atoms with E-state index in [1.807, 2.05) is 0 Å². The van der Waals surface area contributed by atoms with Crippen molar-refractivity contribution in [3.8, 4) is 0 Å². The summed E-state index contributed by atoms with van der Waals surface area (Å²) in [5.41, 5.74) is 0.916. The first kappa shape index (κ1) is 24.9. The summed E-state index contributed by atoms with van der Waals surface area (Å²) in [6, 6.07) is 3.63. The normalized spacial score (nSPS) is 12.9. The molecule has 12 heteroatoms. The first-order chi connectivity index (χ1) is 14.3. The first-order valence-corrected chi connectivity index (χ1v) is 10.7. The second-order valence-corrected chi connectivity index (χ2v) is 9.16. The van der Waals surface area contributed by atoms with Crippen LogP contribution in [0.3, 0.4) is 0 Å². The number of nitrogens with one attached hydrogen (secondary N) is 1. The molecule has 31 heavy (non-hydrogen) atoms. The van der Waals surface area contributed by atoms with E-state index in [0.717, 1.165) is 17.1 Å². The van der Waals surface area contributed by atoms with Crippen LogP contribution < -0.4 is 5.43 Å². The molecule has 0 spiro atoms. The maximum Gasteiger partial charge on any atom is 0.426 e. The monoisotopic (exact) mass is 523 g/mol. The lowest BCUT2D eigenvalue weighted by Gasteiger charge is -2.29. The smallest absolute Gasteiger partial charge is 0.426 e. The molecule has 0 aliphatic rings. The van der Waals surface area contributed by atoms with Gasteiger partial charge in [0.15, 0.2) is 0 Å². The van der Waals surface area contributed by atoms with E-state index in [1.54, 1.807) is 19.2 Å². The van der Waals surface area contributed by atoms with Crippen LogP contribution in [-0.4, -0.2) is 38.9 Å². The minimum Gasteiger partial charge on any atom is -0.464 e. The number of aromatic nitrogens is 1. The lowest BCUT2D eigenvalue weighted by Crippen LogP contribution is -2.52. The summed E-state index contributed by atoms with van der Waals surface area (Å²) >= 11 is 4.63. The predicted octanol–water partition coefficient (Wildman–Crippen LogP) is 5.50. The van der Waals surface area contributed by atoms with E-state index in [4.69, 9.17) is 4.74 Å². The highest BCUT2D eigenvalue weighted by atomic mass is 79.9. The summed E-state index contributed by atoms with van der Waals surface area (Å²) in [5.74, 6) is 0. The number of carboxylic acid groups (broad SMARTS) is 1. The third kappa shape index (κ3) is 7.69. The Morgan fingerprint density at radius 3 is 2.39 bits per heavy atom. The van der Waals surface area contributed by atoms with Gasteiger partial charge in [0.25, 0.3) is 0 Å². The summed E-state index contributed by atoms with van der Waals surface area (Å²) < 4.78 is 44.1. The van der Waals surface area contributed by atoms with Crippen LogP contribution in [0.1, 0.15) is 36.9 Å². The molecule has 1 atom stereocenters. The molecule has 1 aromatic carbocycles. The number of nitrogens with zero attached hydrogens (tertiary/aromatic N) is 2. The second kappa shape index (κ2) is 9.86. The fraction of sp³-hybridized carbons (Fsp3) is 0.421. The van der Waals surface area contributed by atoms with Crippen molar-refractivity contribution in [3.63, 3.8) is 0 Å². The molecule has 0 aliphatic carbocycles. The molecule has 1 unspecified atom stereocenters. The van der Waals surface area contributed by atoms with E-state index in [-0.39, 0.29) is 6.42 Å². The van der Waals surface area contributed by atoms with Gasteiger partial charge in [-0.2, -0.15) is 13.2 Å². The maximum atomic E-state index is 12.7. The van der Waals surface area contributed by atoms with Crippen LogP contribution in [0.5, 0.6) is 0 Å². The molecule has 2 rings (SSSR count). The molecule has 170 valence electrons. The molecular weight excluding hydrogens is 503 g/mol. The average Bonchev–Trinajstić information content (AvgIpc) is 3.02. The molecule has 0 saturated carbocycles. The van der Waals surface area contributed by atoms with Gasteiger partial charge in [-0.05, 0) is 60.8 Å². The number of carbonyl (C=O) groups excluding carboxylic acids is 1. The Bertz CT molecular complexity index is 919. The summed E-state index contributed by atoms with van der Waals surface area (Å²) in [6.07, 6.45) is -6.45. The van der Waals surface area contributed by atoms with E-state index in [1.165, 1.54) is 30.4 Å². The number of hydrazine groups is 1. The molecule has 0 fully saturated rings. The number of halogens is 4. The van der Waals surface area contributed by atoms with Gasteiger partial charge in [-0.25, -0.2) is 25.0 Å². The molecule has 0 aliphatic heterocycles. The molecular formula is C19H21BrF3N3O4S. The van der Waals surface area contributed by atoms with Crippen LogP contribution in [0.2, 0.25) is 0 Å². The number of ether oxygens (including phenoxy) is 1. The maximum absolute atomic E-state index is 12.7. The highest BCUT2D eigenvalue weighted by Gasteiger charge is 2.31. The summed E-state index contributed by atoms with van der Waals surface area (Å²) in [6.45, 7) is 4.85. The molecule has 2 aromatic rings. The zero-order chi connectivity index (χ0) is 23.4. The standard InChI is InChI=1S/C19H21BrF3N3O4S/c1-11(8-12-4-6-13(7-5-12)19(21,22)23)26(17(28)29)25-16(27)30-18(2,3)9-15-24-14(20)10-31-15/h4-7,10-11H,8-9H2,1-3H3,(H,25,27)(H,28,29). The number of amides is 2. The van der Waals surface area contributed by atoms with Gasteiger partial charge in [0, 0.05) is 11.8 Å². The van der Waals surface area contributed by atoms with Crippen molar-refractivity contribution < 1.29 is 32.6 Å². The van der Waals surface area contributed by atoms with E-state index in [9.17, 15) is 27.9 Å². The summed E-state index contributed by atoms with van der Waals surface area (Å²) in [4.78, 5) is 28.1. The molecule has 1 aromatic heterocycles. The van der Waals surface area contributed by atoms with Crippen LogP contribution in [0, 0.1) is 0 Å². The number of carbonyl (C=O) groups is 2. The predicted molar refractivity (Wildman–Crippen MR) is 112 cm³/mol. The molecule has 7 nitrogen and oxygen atoms in total. The zero-order valence-electron chi connectivity index (χ0n) is 16.9. The second-order valence-electron chi connectivity index (χ2n) is 7.40. The molecule has 1 heterocycles. The molecule has 0 bridgehead atoms. The van der Waals surface area contributed by atoms with Crippen molar-refractivity contribution in [1.82, 2.24) is 15.4 Å². The fourth-order valence-electron chi connectivity index (χ4n) is 2.75. The topological polar surface area (TPSA) is 91.8 Å². The van der Waals surface area contributed by atoms with Crippen LogP contribution in [0.15, 0.2) is 34.2 Å². The minimum atomic E-state index is -4.45. The fourth-order valence-corrected chi connectivity index (χ4v) is 4.23. The molecule has 2 N–H and O–H groups in total. The Morgan fingerprint density at radius 2 is 1.90 bits per heavy atom. The molecule has 0 radical (unpaired) electrons. The first-order valence-electron chi connectivity index (χ1n) is 9.04. The van der Waals surface area contributed by atoms with Gasteiger partial charge in [0.1, 0.15) is 10.2 Å². The Labute approximate surface area is 189 Å². The highest BCUT2D eigenvalue weighted by molar-refractivity contribution is 9.10. The Morgan fingerprint density at radius 1 is 1.29 bits per heavy atom. The summed E-state index contributed by atoms with van der Waals surface area (Å²) in [7, 11) is 0. The van der Waals surface area contributed by atoms with E-state index < -0.39 is 35.6 Å². The van der Waals surface area contributed by atoms with Crippen LogP contribution in [0.4, 0.5) is 22.8 Å². The van der Waals surface area contributed by atoms with Gasteiger partial charge in [-0.15, -0.1) is 11.3 Å². The number of alkyl halides is 3. The lowest BCUT2D eigenvalue weighted by molar-refractivity contribution is -0.137.